The van der Waals surface area contributed by atoms with E-state index in [4.69, 9.17) is 9.47 Å². The van der Waals surface area contributed by atoms with Crippen molar-refractivity contribution in [3.63, 3.8) is 0 Å². The van der Waals surface area contributed by atoms with E-state index in [2.05, 4.69) is 18.3 Å². The second-order valence-corrected chi connectivity index (χ2v) is 6.44. The maximum absolute atomic E-state index is 12.7. The molecule has 2 fully saturated rings. The smallest absolute Gasteiger partial charge is 0.226 e. The number of amides is 1. The molecule has 2 aliphatic heterocycles. The fraction of sp³-hybridized carbons (Fsp3) is 0.588. The number of hydrogen-bond acceptors (Lipinski definition) is 4. The second-order valence-electron chi connectivity index (χ2n) is 6.44. The molecule has 0 aromatic heterocycles. The number of nitrogens with one attached hydrogen (secondary N) is 1. The van der Waals surface area contributed by atoms with Gasteiger partial charge in [-0.3, -0.25) is 4.79 Å². The molecule has 1 aromatic rings. The molecule has 0 spiro atoms. The van der Waals surface area contributed by atoms with E-state index in [0.29, 0.717) is 31.1 Å². The summed E-state index contributed by atoms with van der Waals surface area (Å²) in [5.74, 6) is 2.43. The Kier molecular flexibility index (Phi) is 3.45. The van der Waals surface area contributed by atoms with Gasteiger partial charge >= 0.3 is 0 Å². The third-order valence-electron chi connectivity index (χ3n) is 4.89. The van der Waals surface area contributed by atoms with Gasteiger partial charge in [-0.05, 0) is 37.0 Å². The van der Waals surface area contributed by atoms with Crippen molar-refractivity contribution in [3.8, 4) is 11.5 Å². The van der Waals surface area contributed by atoms with Gasteiger partial charge in [0.2, 0.25) is 5.91 Å². The molecule has 1 saturated carbocycles. The van der Waals surface area contributed by atoms with Crippen molar-refractivity contribution in [2.45, 2.75) is 25.3 Å². The number of fused-ring (bicyclic) bond motifs is 1. The van der Waals surface area contributed by atoms with Gasteiger partial charge in [0.15, 0.2) is 11.5 Å². The van der Waals surface area contributed by atoms with Gasteiger partial charge in [0.05, 0.1) is 0 Å². The monoisotopic (exact) mass is 302 g/mol. The predicted octanol–water partition coefficient (Wildman–Crippen LogP) is 1.38. The third-order valence-corrected chi connectivity index (χ3v) is 4.89. The third kappa shape index (κ3) is 2.43. The first kappa shape index (κ1) is 13.9. The molecule has 0 radical (unpaired) electrons. The van der Waals surface area contributed by atoms with Crippen LogP contribution >= 0.6 is 0 Å². The van der Waals surface area contributed by atoms with Gasteiger partial charge in [-0.15, -0.1) is 0 Å². The zero-order chi connectivity index (χ0) is 15.1. The van der Waals surface area contributed by atoms with Gasteiger partial charge in [-0.1, -0.05) is 6.07 Å². The van der Waals surface area contributed by atoms with E-state index >= 15 is 0 Å². The van der Waals surface area contributed by atoms with Crippen molar-refractivity contribution < 1.29 is 14.3 Å². The second kappa shape index (κ2) is 5.47. The molecule has 1 saturated heterocycles. The topological polar surface area (TPSA) is 50.8 Å². The van der Waals surface area contributed by atoms with Crippen LogP contribution in [0.4, 0.5) is 0 Å². The molecule has 22 heavy (non-hydrogen) atoms. The van der Waals surface area contributed by atoms with Crippen molar-refractivity contribution >= 4 is 5.91 Å². The minimum atomic E-state index is 0.142. The average molecular weight is 302 g/mol. The minimum Gasteiger partial charge on any atom is -0.486 e. The first-order chi connectivity index (χ1) is 10.7. The molecular weight excluding hydrogens is 280 g/mol. The van der Waals surface area contributed by atoms with Crippen molar-refractivity contribution in [3.05, 3.63) is 23.8 Å². The van der Waals surface area contributed by atoms with Crippen LogP contribution in [0.15, 0.2) is 18.2 Å². The maximum atomic E-state index is 12.7. The van der Waals surface area contributed by atoms with Crippen LogP contribution in [-0.2, 0) is 4.79 Å². The molecule has 0 bridgehead atoms. The van der Waals surface area contributed by atoms with Crippen LogP contribution in [0.5, 0.6) is 11.5 Å². The summed E-state index contributed by atoms with van der Waals surface area (Å²) in [6.07, 6.45) is 0.953. The molecule has 1 aromatic carbocycles. The van der Waals surface area contributed by atoms with Crippen molar-refractivity contribution in [2.24, 2.45) is 5.92 Å². The number of ether oxygens (including phenoxy) is 2. The first-order valence-electron chi connectivity index (χ1n) is 8.15. The number of nitrogens with zero attached hydrogens (tertiary/aromatic N) is 1. The summed E-state index contributed by atoms with van der Waals surface area (Å²) in [6.45, 7) is 5.94. The Hall–Kier alpha value is -1.75. The predicted molar refractivity (Wildman–Crippen MR) is 82.3 cm³/mol. The Morgan fingerprint density at radius 1 is 1.27 bits per heavy atom. The quantitative estimate of drug-likeness (QED) is 0.897. The van der Waals surface area contributed by atoms with Crippen LogP contribution in [0.1, 0.15) is 24.8 Å². The fourth-order valence-electron chi connectivity index (χ4n) is 3.51. The Morgan fingerprint density at radius 3 is 2.91 bits per heavy atom. The highest BCUT2D eigenvalue weighted by atomic mass is 16.6. The lowest BCUT2D eigenvalue weighted by Gasteiger charge is -2.34. The summed E-state index contributed by atoms with van der Waals surface area (Å²) in [5.41, 5.74) is 1.20. The molecule has 3 atom stereocenters. The summed E-state index contributed by atoms with van der Waals surface area (Å²) in [6, 6.07) is 6.39. The number of carbonyl (C=O) groups excluding carboxylic acids is 1. The van der Waals surface area contributed by atoms with E-state index in [-0.39, 0.29) is 5.92 Å². The zero-order valence-electron chi connectivity index (χ0n) is 12.9. The molecule has 1 amide bonds. The van der Waals surface area contributed by atoms with E-state index in [9.17, 15) is 4.79 Å². The van der Waals surface area contributed by atoms with Crippen molar-refractivity contribution in [1.82, 2.24) is 10.2 Å². The molecule has 1 N–H and O–H groups in total. The molecular formula is C17H22N2O3. The Bertz CT molecular complexity index is 589. The maximum Gasteiger partial charge on any atom is 0.226 e. The van der Waals surface area contributed by atoms with Gasteiger partial charge in [0.1, 0.15) is 13.2 Å². The number of piperazine rings is 1. The largest absolute Gasteiger partial charge is 0.486 e. The van der Waals surface area contributed by atoms with Crippen LogP contribution in [-0.4, -0.2) is 49.7 Å². The van der Waals surface area contributed by atoms with Gasteiger partial charge in [-0.25, -0.2) is 0 Å². The summed E-state index contributed by atoms with van der Waals surface area (Å²) in [7, 11) is 0. The minimum absolute atomic E-state index is 0.142. The van der Waals surface area contributed by atoms with Crippen molar-refractivity contribution in [2.75, 3.05) is 32.8 Å². The number of rotatable bonds is 2. The van der Waals surface area contributed by atoms with Crippen LogP contribution in [0.3, 0.4) is 0 Å². The first-order valence-corrected chi connectivity index (χ1v) is 8.15. The van der Waals surface area contributed by atoms with Gasteiger partial charge in [0.25, 0.3) is 0 Å². The van der Waals surface area contributed by atoms with Crippen LogP contribution in [0, 0.1) is 5.92 Å². The Balaban J connectivity index is 1.46. The SMILES string of the molecule is CC1CNCCN1C(=O)C1CC1c1ccc2c(c1)OCCO2. The van der Waals surface area contributed by atoms with Gasteiger partial charge in [-0.2, -0.15) is 0 Å². The lowest BCUT2D eigenvalue weighted by Crippen LogP contribution is -2.52. The normalized spacial score (nSPS) is 30.0. The van der Waals surface area contributed by atoms with E-state index in [1.165, 1.54) is 5.56 Å². The summed E-state index contributed by atoms with van der Waals surface area (Å²) in [5, 5.41) is 3.33. The van der Waals surface area contributed by atoms with Crippen LogP contribution < -0.4 is 14.8 Å². The zero-order valence-corrected chi connectivity index (χ0v) is 12.9. The van der Waals surface area contributed by atoms with Crippen LogP contribution in [0.2, 0.25) is 0 Å². The lowest BCUT2D eigenvalue weighted by atomic mass is 10.1. The Morgan fingerprint density at radius 2 is 2.09 bits per heavy atom. The summed E-state index contributed by atoms with van der Waals surface area (Å²) in [4.78, 5) is 14.7. The highest BCUT2D eigenvalue weighted by molar-refractivity contribution is 5.83. The van der Waals surface area contributed by atoms with Gasteiger partial charge in [0, 0.05) is 31.6 Å². The van der Waals surface area contributed by atoms with E-state index in [0.717, 1.165) is 37.6 Å². The molecule has 2 heterocycles. The van der Waals surface area contributed by atoms with Crippen molar-refractivity contribution in [1.29, 1.82) is 0 Å². The Labute approximate surface area is 130 Å². The lowest BCUT2D eigenvalue weighted by molar-refractivity contribution is -0.135. The van der Waals surface area contributed by atoms with E-state index in [1.807, 2.05) is 17.0 Å². The number of hydrogen-bond donors (Lipinski definition) is 1. The fourth-order valence-corrected chi connectivity index (χ4v) is 3.51. The molecule has 3 unspecified atom stereocenters. The highest BCUT2D eigenvalue weighted by Gasteiger charge is 2.47. The van der Waals surface area contributed by atoms with Gasteiger partial charge < -0.3 is 19.7 Å². The number of carbonyl (C=O) groups is 1. The molecule has 118 valence electrons. The molecule has 1 aliphatic carbocycles. The van der Waals surface area contributed by atoms with E-state index in [1.54, 1.807) is 0 Å². The molecule has 5 heteroatoms. The summed E-state index contributed by atoms with van der Waals surface area (Å²) >= 11 is 0. The molecule has 5 nitrogen and oxygen atoms in total. The van der Waals surface area contributed by atoms with Crippen LogP contribution in [0.25, 0.3) is 0 Å². The standard InChI is InChI=1S/C17H22N2O3/c1-11-10-18-4-5-19(11)17(20)14-9-13(14)12-2-3-15-16(8-12)22-7-6-21-15/h2-3,8,11,13-14,18H,4-7,9-10H2,1H3. The number of benzene rings is 1. The molecule has 4 rings (SSSR count). The average Bonchev–Trinajstić information content (AvgIpc) is 3.35. The van der Waals surface area contributed by atoms with E-state index < -0.39 is 0 Å². The highest BCUT2D eigenvalue weighted by Crippen LogP contribution is 2.50. The molecule has 3 aliphatic rings. The summed E-state index contributed by atoms with van der Waals surface area (Å²) < 4.78 is 11.2.